The van der Waals surface area contributed by atoms with Gasteiger partial charge in [0.15, 0.2) is 0 Å². The van der Waals surface area contributed by atoms with Gasteiger partial charge in [0.2, 0.25) is 5.91 Å². The fraction of sp³-hybridized carbons (Fsp3) is 0.261. The lowest BCUT2D eigenvalue weighted by molar-refractivity contribution is -0.170. The maximum Gasteiger partial charge on any atom is 0.411 e. The first-order valence-corrected chi connectivity index (χ1v) is 10.4. The molecule has 0 atom stereocenters. The summed E-state index contributed by atoms with van der Waals surface area (Å²) < 4.78 is 42.3. The number of carbonyl (C=O) groups is 1. The number of amides is 1. The van der Waals surface area contributed by atoms with Crippen molar-refractivity contribution < 1.29 is 18.0 Å². The zero-order valence-electron chi connectivity index (χ0n) is 17.6. The minimum atomic E-state index is -4.51. The second kappa shape index (κ2) is 7.36. The Balaban J connectivity index is 1.45. The summed E-state index contributed by atoms with van der Waals surface area (Å²) in [6, 6.07) is 12.6. The van der Waals surface area contributed by atoms with Crippen molar-refractivity contribution in [2.75, 3.05) is 5.32 Å². The molecule has 2 N–H and O–H groups in total. The van der Waals surface area contributed by atoms with E-state index in [1.54, 1.807) is 35.1 Å². The van der Waals surface area contributed by atoms with Crippen molar-refractivity contribution >= 4 is 39.0 Å². The van der Waals surface area contributed by atoms with Gasteiger partial charge < -0.3 is 15.2 Å². The molecular formula is C23H20F3N5O2. The molecule has 5 rings (SSSR count). The molecule has 10 heteroatoms. The normalized spacial score (nSPS) is 15.0. The zero-order chi connectivity index (χ0) is 23.4. The Kier molecular flexibility index (Phi) is 4.70. The Morgan fingerprint density at radius 1 is 1.15 bits per heavy atom. The number of fused-ring (bicyclic) bond motifs is 2. The maximum absolute atomic E-state index is 13.2. The molecule has 0 unspecified atom stereocenters. The molecule has 2 heterocycles. The number of benzene rings is 2. The summed E-state index contributed by atoms with van der Waals surface area (Å²) in [6.45, 7) is -0.497. The van der Waals surface area contributed by atoms with Gasteiger partial charge in [-0.05, 0) is 48.6 Å². The van der Waals surface area contributed by atoms with E-state index < -0.39 is 29.7 Å². The summed E-state index contributed by atoms with van der Waals surface area (Å²) in [5.41, 5.74) is -0.396. The molecule has 2 aromatic carbocycles. The van der Waals surface area contributed by atoms with Crippen molar-refractivity contribution in [3.63, 3.8) is 0 Å². The summed E-state index contributed by atoms with van der Waals surface area (Å²) in [4.78, 5) is 25.5. The lowest BCUT2D eigenvalue weighted by Gasteiger charge is -2.21. The topological polar surface area (TPSA) is 81.0 Å². The van der Waals surface area contributed by atoms with Crippen LogP contribution >= 0.6 is 0 Å². The van der Waals surface area contributed by atoms with Gasteiger partial charge in [0, 0.05) is 24.3 Å². The number of pyridine rings is 1. The van der Waals surface area contributed by atoms with Crippen LogP contribution in [0.5, 0.6) is 0 Å². The van der Waals surface area contributed by atoms with E-state index in [2.05, 4.69) is 15.7 Å². The largest absolute Gasteiger partial charge is 0.411 e. The number of anilines is 2. The van der Waals surface area contributed by atoms with Crippen LogP contribution in [0.25, 0.3) is 21.7 Å². The molecule has 0 saturated heterocycles. The predicted octanol–water partition coefficient (Wildman–Crippen LogP) is 3.84. The number of nitrogens with one attached hydrogen (secondary N) is 2. The average molecular weight is 455 g/mol. The van der Waals surface area contributed by atoms with Gasteiger partial charge in [0.05, 0.1) is 22.8 Å². The number of aryl methyl sites for hydroxylation is 1. The number of nitrogens with zero attached hydrogens (tertiary/aromatic N) is 3. The molecule has 7 nitrogen and oxygen atoms in total. The molecule has 0 aliphatic heterocycles. The Morgan fingerprint density at radius 3 is 2.67 bits per heavy atom. The third-order valence-electron chi connectivity index (χ3n) is 6.02. The van der Waals surface area contributed by atoms with E-state index >= 15 is 0 Å². The van der Waals surface area contributed by atoms with Crippen molar-refractivity contribution in [3.8, 4) is 0 Å². The molecule has 1 aliphatic carbocycles. The monoisotopic (exact) mass is 455 g/mol. The molecule has 0 bridgehead atoms. The highest BCUT2D eigenvalue weighted by molar-refractivity contribution is 5.95. The molecule has 1 saturated carbocycles. The maximum atomic E-state index is 13.2. The fourth-order valence-corrected chi connectivity index (χ4v) is 4.02. The summed E-state index contributed by atoms with van der Waals surface area (Å²) in [6.07, 6.45) is -1.65. The van der Waals surface area contributed by atoms with Gasteiger partial charge in [-0.25, -0.2) is 0 Å². The number of hydrogen-bond acceptors (Lipinski definition) is 4. The second-order valence-corrected chi connectivity index (χ2v) is 8.31. The molecule has 1 fully saturated rings. The Labute approximate surface area is 185 Å². The first-order chi connectivity index (χ1) is 15.7. The summed E-state index contributed by atoms with van der Waals surface area (Å²) in [5, 5.41) is 11.4. The van der Waals surface area contributed by atoms with Gasteiger partial charge in [0.1, 0.15) is 12.1 Å². The number of alkyl halides is 3. The smallest absolute Gasteiger partial charge is 0.355 e. The lowest BCUT2D eigenvalue weighted by atomic mass is 10.1. The van der Waals surface area contributed by atoms with Gasteiger partial charge in [-0.1, -0.05) is 12.1 Å². The van der Waals surface area contributed by atoms with E-state index in [9.17, 15) is 22.8 Å². The van der Waals surface area contributed by atoms with E-state index in [0.29, 0.717) is 16.5 Å². The number of rotatable bonds is 5. The van der Waals surface area contributed by atoms with Crippen LogP contribution < -0.4 is 16.2 Å². The van der Waals surface area contributed by atoms with Crippen molar-refractivity contribution in [2.45, 2.75) is 31.1 Å². The van der Waals surface area contributed by atoms with E-state index in [1.807, 2.05) is 25.2 Å². The highest BCUT2D eigenvalue weighted by atomic mass is 19.4. The van der Waals surface area contributed by atoms with Crippen LogP contribution in [0.1, 0.15) is 12.8 Å². The molecule has 33 heavy (non-hydrogen) atoms. The van der Waals surface area contributed by atoms with Crippen LogP contribution in [0.4, 0.5) is 24.5 Å². The van der Waals surface area contributed by atoms with Gasteiger partial charge >= 0.3 is 6.18 Å². The Hall–Kier alpha value is -3.82. The van der Waals surface area contributed by atoms with Gasteiger partial charge in [0.25, 0.3) is 5.56 Å². The van der Waals surface area contributed by atoms with Crippen LogP contribution in [0.15, 0.2) is 59.7 Å². The van der Waals surface area contributed by atoms with Crippen molar-refractivity contribution in [3.05, 3.63) is 65.2 Å². The number of carbonyl (C=O) groups excluding carboxylic acids is 1. The molecular weight excluding hydrogens is 435 g/mol. The lowest BCUT2D eigenvalue weighted by Crippen LogP contribution is -2.49. The first-order valence-electron chi connectivity index (χ1n) is 10.4. The fourth-order valence-electron chi connectivity index (χ4n) is 4.02. The highest BCUT2D eigenvalue weighted by Crippen LogP contribution is 2.48. The predicted molar refractivity (Wildman–Crippen MR) is 118 cm³/mol. The van der Waals surface area contributed by atoms with Crippen LogP contribution in [0.3, 0.4) is 0 Å². The van der Waals surface area contributed by atoms with E-state index in [-0.39, 0.29) is 12.8 Å². The van der Waals surface area contributed by atoms with Crippen LogP contribution in [-0.4, -0.2) is 32.0 Å². The number of hydrogen-bond donors (Lipinski definition) is 2. The first kappa shape index (κ1) is 21.0. The average Bonchev–Trinajstić information content (AvgIpc) is 3.46. The van der Waals surface area contributed by atoms with Crippen molar-refractivity contribution in [1.82, 2.24) is 19.7 Å². The zero-order valence-corrected chi connectivity index (χ0v) is 17.6. The minimum Gasteiger partial charge on any atom is -0.355 e. The molecule has 1 amide bonds. The van der Waals surface area contributed by atoms with Gasteiger partial charge in [-0.15, -0.1) is 0 Å². The van der Waals surface area contributed by atoms with E-state index in [1.165, 1.54) is 6.20 Å². The Morgan fingerprint density at radius 2 is 1.94 bits per heavy atom. The third kappa shape index (κ3) is 3.71. The van der Waals surface area contributed by atoms with Gasteiger partial charge in [-0.3, -0.25) is 14.3 Å². The van der Waals surface area contributed by atoms with Crippen molar-refractivity contribution in [1.29, 1.82) is 0 Å². The summed E-state index contributed by atoms with van der Waals surface area (Å²) >= 11 is 0. The quantitative estimate of drug-likeness (QED) is 0.479. The van der Waals surface area contributed by atoms with E-state index in [0.717, 1.165) is 21.2 Å². The standard InChI is InChI=1S/C23H20F3N5O2/c1-30-18-6-5-16(11-15(18)12-27-30)28-17-4-2-3-14-7-10-31(21(33)20(14)17)13-19(32)29-22(8-9-22)23(24,25)26/h2-7,10-12,28H,8-9,13H2,1H3,(H,29,32). The van der Waals surface area contributed by atoms with Crippen LogP contribution in [0, 0.1) is 0 Å². The second-order valence-electron chi connectivity index (χ2n) is 8.31. The molecule has 0 spiro atoms. The Bertz CT molecular complexity index is 1450. The van der Waals surface area contributed by atoms with Crippen LogP contribution in [0.2, 0.25) is 0 Å². The van der Waals surface area contributed by atoms with Gasteiger partial charge in [-0.2, -0.15) is 18.3 Å². The SMILES string of the molecule is Cn1ncc2cc(Nc3cccc4ccn(CC(=O)NC5(C(F)(F)F)CC5)c(=O)c34)ccc21. The molecule has 170 valence electrons. The molecule has 2 aromatic heterocycles. The van der Waals surface area contributed by atoms with Crippen LogP contribution in [-0.2, 0) is 18.4 Å². The number of aromatic nitrogens is 3. The third-order valence-corrected chi connectivity index (χ3v) is 6.02. The summed E-state index contributed by atoms with van der Waals surface area (Å²) in [5.74, 6) is -0.848. The molecule has 0 radical (unpaired) electrons. The summed E-state index contributed by atoms with van der Waals surface area (Å²) in [7, 11) is 1.85. The highest BCUT2D eigenvalue weighted by Gasteiger charge is 2.64. The molecule has 4 aromatic rings. The van der Waals surface area contributed by atoms with E-state index in [4.69, 9.17) is 0 Å². The minimum absolute atomic E-state index is 0.149. The number of halogens is 3. The molecule has 1 aliphatic rings. The van der Waals surface area contributed by atoms with Crippen molar-refractivity contribution in [2.24, 2.45) is 7.05 Å².